The van der Waals surface area contributed by atoms with Crippen LogP contribution in [0.25, 0.3) is 0 Å². The van der Waals surface area contributed by atoms with Crippen LogP contribution in [0.2, 0.25) is 5.02 Å². The number of nitrogens with two attached hydrogens (primary N) is 1. The van der Waals surface area contributed by atoms with E-state index in [1.54, 1.807) is 19.2 Å². The second-order valence-corrected chi connectivity index (χ2v) is 6.54. The van der Waals surface area contributed by atoms with Gasteiger partial charge in [-0.3, -0.25) is 0 Å². The molecule has 2 unspecified atom stereocenters. The molecule has 2 atom stereocenters. The van der Waals surface area contributed by atoms with Crippen molar-refractivity contribution in [1.29, 1.82) is 0 Å². The average molecular weight is 339 g/mol. The molecule has 0 aliphatic carbocycles. The number of hydrogen-bond donors (Lipinski definition) is 1. The van der Waals surface area contributed by atoms with Crippen LogP contribution in [0.4, 0.5) is 4.39 Å². The summed E-state index contributed by atoms with van der Waals surface area (Å²) in [4.78, 5) is 0. The van der Waals surface area contributed by atoms with Gasteiger partial charge in [-0.15, -0.1) is 0 Å². The van der Waals surface area contributed by atoms with Gasteiger partial charge in [0.05, 0.1) is 17.2 Å². The molecule has 1 aromatic carbocycles. The maximum absolute atomic E-state index is 14.1. The smallest absolute Gasteiger partial charge is 0.147 e. The number of hydrogen-bond acceptors (Lipinski definition) is 2. The molecular weight excluding hydrogens is 321 g/mol. The zero-order valence-corrected chi connectivity index (χ0v) is 13.3. The molecule has 0 saturated heterocycles. The van der Waals surface area contributed by atoms with Gasteiger partial charge >= 0.3 is 0 Å². The van der Waals surface area contributed by atoms with Crippen LogP contribution in [0.3, 0.4) is 0 Å². The molecule has 2 nitrogen and oxygen atoms in total. The third kappa shape index (κ3) is 3.23. The van der Waals surface area contributed by atoms with Gasteiger partial charge in [-0.25, -0.2) is 4.39 Å². The fourth-order valence-electron chi connectivity index (χ4n) is 2.00. The molecule has 5 heteroatoms. The summed E-state index contributed by atoms with van der Waals surface area (Å²) in [6.45, 7) is 6.00. The Morgan fingerprint density at radius 1 is 1.39 bits per heavy atom. The van der Waals surface area contributed by atoms with Gasteiger partial charge in [-0.05, 0) is 27.4 Å². The number of rotatable bonds is 3. The Morgan fingerprint density at radius 2 is 1.94 bits per heavy atom. The van der Waals surface area contributed by atoms with Gasteiger partial charge in [0.2, 0.25) is 0 Å². The lowest BCUT2D eigenvalue weighted by molar-refractivity contribution is -0.00315. The quantitative estimate of drug-likeness (QED) is 0.834. The first kappa shape index (κ1) is 15.9. The lowest BCUT2D eigenvalue weighted by atomic mass is 9.82. The maximum Gasteiger partial charge on any atom is 0.147 e. The highest BCUT2D eigenvalue weighted by Crippen LogP contribution is 2.35. The molecule has 0 aliphatic rings. The minimum absolute atomic E-state index is 0.0479. The van der Waals surface area contributed by atoms with E-state index in [-0.39, 0.29) is 16.5 Å². The van der Waals surface area contributed by atoms with E-state index in [1.165, 1.54) is 0 Å². The van der Waals surface area contributed by atoms with Crippen molar-refractivity contribution < 1.29 is 9.13 Å². The highest BCUT2D eigenvalue weighted by atomic mass is 79.9. The van der Waals surface area contributed by atoms with Crippen molar-refractivity contribution in [3.63, 3.8) is 0 Å². The molecule has 0 radical (unpaired) electrons. The maximum atomic E-state index is 14.1. The molecule has 1 aromatic rings. The Labute approximate surface area is 121 Å². The highest BCUT2D eigenvalue weighted by molar-refractivity contribution is 9.10. The zero-order chi connectivity index (χ0) is 14.1. The summed E-state index contributed by atoms with van der Waals surface area (Å²) in [5.74, 6) is -0.496. The predicted molar refractivity (Wildman–Crippen MR) is 76.3 cm³/mol. The molecule has 0 saturated carbocycles. The predicted octanol–water partition coefficient (Wildman–Crippen LogP) is 4.30. The molecule has 1 rings (SSSR count). The second kappa shape index (κ2) is 5.87. The number of benzene rings is 1. The minimum atomic E-state index is -0.569. The van der Waals surface area contributed by atoms with Crippen LogP contribution < -0.4 is 5.73 Å². The number of methoxy groups -OCH3 is 1. The Balaban J connectivity index is 3.18. The fraction of sp³-hybridized carbons (Fsp3) is 0.538. The molecule has 0 bridgehead atoms. The molecule has 102 valence electrons. The summed E-state index contributed by atoms with van der Waals surface area (Å²) in [5.41, 5.74) is 6.29. The van der Waals surface area contributed by atoms with Crippen molar-refractivity contribution in [2.45, 2.75) is 32.9 Å². The third-order valence-electron chi connectivity index (χ3n) is 2.86. The van der Waals surface area contributed by atoms with Gasteiger partial charge < -0.3 is 10.5 Å². The van der Waals surface area contributed by atoms with Crippen LogP contribution in [0.1, 0.15) is 32.4 Å². The van der Waals surface area contributed by atoms with E-state index >= 15 is 0 Å². The molecule has 0 aromatic heterocycles. The second-order valence-electron chi connectivity index (χ2n) is 5.31. The number of halogens is 3. The summed E-state index contributed by atoms with van der Waals surface area (Å²) in [5, 5.41) is 0.0479. The minimum Gasteiger partial charge on any atom is -0.379 e. The lowest BCUT2D eigenvalue weighted by Crippen LogP contribution is -2.39. The van der Waals surface area contributed by atoms with Gasteiger partial charge in [-0.2, -0.15) is 0 Å². The molecule has 0 aliphatic heterocycles. The average Bonchev–Trinajstić information content (AvgIpc) is 2.25. The summed E-state index contributed by atoms with van der Waals surface area (Å²) >= 11 is 9.05. The molecule has 0 amide bonds. The van der Waals surface area contributed by atoms with Gasteiger partial charge in [0.1, 0.15) is 5.82 Å². The Kier molecular flexibility index (Phi) is 5.18. The monoisotopic (exact) mass is 337 g/mol. The van der Waals surface area contributed by atoms with E-state index in [2.05, 4.69) is 15.9 Å². The van der Waals surface area contributed by atoms with Crippen LogP contribution >= 0.6 is 27.5 Å². The van der Waals surface area contributed by atoms with Crippen molar-refractivity contribution in [3.8, 4) is 0 Å². The first-order valence-electron chi connectivity index (χ1n) is 5.62. The van der Waals surface area contributed by atoms with E-state index < -0.39 is 11.9 Å². The Morgan fingerprint density at radius 3 is 2.39 bits per heavy atom. The fourth-order valence-corrected chi connectivity index (χ4v) is 2.48. The Hall–Kier alpha value is -0.160. The summed E-state index contributed by atoms with van der Waals surface area (Å²) in [7, 11) is 1.58. The summed E-state index contributed by atoms with van der Waals surface area (Å²) in [6, 6.07) is 2.75. The summed E-state index contributed by atoms with van der Waals surface area (Å²) in [6.07, 6.45) is -0.302. The van der Waals surface area contributed by atoms with Crippen molar-refractivity contribution >= 4 is 27.5 Å². The van der Waals surface area contributed by atoms with Gasteiger partial charge in [-0.1, -0.05) is 38.4 Å². The molecule has 0 fully saturated rings. The molecule has 0 heterocycles. The van der Waals surface area contributed by atoms with E-state index in [0.717, 1.165) is 0 Å². The van der Waals surface area contributed by atoms with Crippen molar-refractivity contribution in [2.24, 2.45) is 11.1 Å². The topological polar surface area (TPSA) is 35.2 Å². The summed E-state index contributed by atoms with van der Waals surface area (Å²) < 4.78 is 20.0. The normalized spacial score (nSPS) is 15.6. The van der Waals surface area contributed by atoms with Crippen LogP contribution in [-0.4, -0.2) is 13.2 Å². The van der Waals surface area contributed by atoms with Crippen LogP contribution in [0, 0.1) is 11.2 Å². The zero-order valence-electron chi connectivity index (χ0n) is 10.9. The van der Waals surface area contributed by atoms with Crippen LogP contribution in [-0.2, 0) is 4.74 Å². The number of ether oxygens (including phenoxy) is 1. The van der Waals surface area contributed by atoms with Gasteiger partial charge in [0, 0.05) is 17.1 Å². The van der Waals surface area contributed by atoms with Crippen LogP contribution in [0.5, 0.6) is 0 Å². The molecule has 0 spiro atoms. The standard InChI is InChI=1S/C13H18BrClFNO/c1-13(2,3)12(18-4)11(17)7-5-6-8(14)9(15)10(7)16/h5-6,11-12H,17H2,1-4H3. The van der Waals surface area contributed by atoms with Gasteiger partial charge in [0.25, 0.3) is 0 Å². The molecule has 18 heavy (non-hydrogen) atoms. The van der Waals surface area contributed by atoms with E-state index in [4.69, 9.17) is 22.1 Å². The Bertz CT molecular complexity index is 434. The molecule has 2 N–H and O–H groups in total. The van der Waals surface area contributed by atoms with E-state index in [1.807, 2.05) is 20.8 Å². The molecular formula is C13H18BrClFNO. The SMILES string of the molecule is COC(C(N)c1ccc(Br)c(Cl)c1F)C(C)(C)C. The lowest BCUT2D eigenvalue weighted by Gasteiger charge is -2.34. The van der Waals surface area contributed by atoms with Gasteiger partial charge in [0.15, 0.2) is 0 Å². The van der Waals surface area contributed by atoms with Crippen molar-refractivity contribution in [2.75, 3.05) is 7.11 Å². The first-order chi connectivity index (χ1) is 8.20. The van der Waals surface area contributed by atoms with Crippen molar-refractivity contribution in [1.82, 2.24) is 0 Å². The third-order valence-corrected chi connectivity index (χ3v) is 4.12. The van der Waals surface area contributed by atoms with Crippen molar-refractivity contribution in [3.05, 3.63) is 33.0 Å². The van der Waals surface area contributed by atoms with E-state index in [9.17, 15) is 4.39 Å². The van der Waals surface area contributed by atoms with E-state index in [0.29, 0.717) is 10.0 Å². The highest BCUT2D eigenvalue weighted by Gasteiger charge is 2.33. The largest absolute Gasteiger partial charge is 0.379 e. The van der Waals surface area contributed by atoms with Crippen LogP contribution in [0.15, 0.2) is 16.6 Å². The first-order valence-corrected chi connectivity index (χ1v) is 6.79.